The number of nitrogen functional groups attached to an aromatic ring is 1. The second-order valence-corrected chi connectivity index (χ2v) is 11.4. The van der Waals surface area contributed by atoms with Crippen molar-refractivity contribution in [1.82, 2.24) is 28.7 Å². The van der Waals surface area contributed by atoms with Crippen LogP contribution in [-0.2, 0) is 0 Å². The molecule has 2 aliphatic rings. The molecule has 0 aromatic carbocycles. The van der Waals surface area contributed by atoms with Gasteiger partial charge in [-0.3, -0.25) is 8.80 Å². The second kappa shape index (κ2) is 9.99. The smallest absolute Gasteiger partial charge is 0.155 e. The van der Waals surface area contributed by atoms with Crippen molar-refractivity contribution in [3.05, 3.63) is 49.0 Å². The Morgan fingerprint density at radius 1 is 0.971 bits per heavy atom. The summed E-state index contributed by atoms with van der Waals surface area (Å²) in [6.45, 7) is 0.556. The molecule has 4 heterocycles. The fourth-order valence-corrected chi connectivity index (χ4v) is 6.45. The molecule has 0 amide bonds. The summed E-state index contributed by atoms with van der Waals surface area (Å²) in [6.07, 6.45) is 11.4. The molecule has 0 radical (unpaired) electrons. The van der Waals surface area contributed by atoms with Crippen LogP contribution in [0.3, 0.4) is 0 Å². The highest BCUT2D eigenvalue weighted by atomic mass is 127. The van der Waals surface area contributed by atoms with Crippen LogP contribution in [0.25, 0.3) is 11.0 Å². The highest BCUT2D eigenvalue weighted by molar-refractivity contribution is 14.1. The average Bonchev–Trinajstić information content (AvgIpc) is 3.30. The minimum atomic E-state index is 0.277. The lowest BCUT2D eigenvalue weighted by atomic mass is 9.75. The Morgan fingerprint density at radius 3 is 2.26 bits per heavy atom. The number of aromatic nitrogens is 6. The number of nitrogens with two attached hydrogens (primary N) is 1. The zero-order chi connectivity index (χ0) is 24.0. The van der Waals surface area contributed by atoms with Gasteiger partial charge in [-0.15, -0.1) is 0 Å². The van der Waals surface area contributed by atoms with E-state index in [1.807, 2.05) is 21.2 Å². The third-order valence-corrected chi connectivity index (χ3v) is 8.31. The second-order valence-electron chi connectivity index (χ2n) is 8.95. The van der Waals surface area contributed by atoms with E-state index in [1.165, 1.54) is 0 Å². The molecule has 180 valence electrons. The van der Waals surface area contributed by atoms with Crippen molar-refractivity contribution < 1.29 is 10.2 Å². The summed E-state index contributed by atoms with van der Waals surface area (Å²) >= 11 is 10.4. The van der Waals surface area contributed by atoms with Crippen LogP contribution in [0.5, 0.6) is 0 Å². The van der Waals surface area contributed by atoms with E-state index < -0.39 is 0 Å². The van der Waals surface area contributed by atoms with Crippen LogP contribution in [0.15, 0.2) is 24.8 Å². The molecule has 9 nitrogen and oxygen atoms in total. The van der Waals surface area contributed by atoms with Crippen LogP contribution in [0.2, 0.25) is 5.15 Å². The van der Waals surface area contributed by atoms with Gasteiger partial charge in [0.2, 0.25) is 0 Å². The summed E-state index contributed by atoms with van der Waals surface area (Å²) in [6, 6.07) is 0. The summed E-state index contributed by atoms with van der Waals surface area (Å²) in [4.78, 5) is 17.3. The van der Waals surface area contributed by atoms with E-state index in [1.54, 1.807) is 12.4 Å². The number of hydrogen-bond donors (Lipinski definition) is 3. The van der Waals surface area contributed by atoms with Crippen molar-refractivity contribution in [2.45, 2.75) is 37.5 Å². The number of aliphatic hydroxyl groups is 2. The lowest BCUT2D eigenvalue weighted by Crippen LogP contribution is -2.26. The normalized spacial score (nSPS) is 23.9. The van der Waals surface area contributed by atoms with Gasteiger partial charge in [0.1, 0.15) is 30.1 Å². The number of imidazole rings is 2. The Kier molecular flexibility index (Phi) is 7.17. The Morgan fingerprint density at radius 2 is 1.62 bits per heavy atom. The third-order valence-electron chi connectivity index (χ3n) is 6.76. The fraction of sp³-hybridized carbons (Fsp3) is 0.455. The van der Waals surface area contributed by atoms with Crippen molar-refractivity contribution in [3.8, 4) is 0 Å². The third kappa shape index (κ3) is 4.49. The van der Waals surface area contributed by atoms with Crippen molar-refractivity contribution >= 4 is 73.6 Å². The predicted octanol–water partition coefficient (Wildman–Crippen LogP) is 3.88. The first-order valence-electron chi connectivity index (χ1n) is 11.1. The zero-order valence-corrected chi connectivity index (χ0v) is 23.2. The number of nitrogens with zero attached hydrogens (tertiary/aromatic N) is 6. The number of rotatable bonds is 4. The molecule has 0 saturated heterocycles. The topological polar surface area (TPSA) is 127 Å². The first kappa shape index (κ1) is 24.4. The molecule has 0 aliphatic heterocycles. The van der Waals surface area contributed by atoms with E-state index in [0.717, 1.165) is 55.8 Å². The largest absolute Gasteiger partial charge is 0.396 e. The molecule has 34 heavy (non-hydrogen) atoms. The van der Waals surface area contributed by atoms with Crippen LogP contribution in [-0.4, -0.2) is 52.2 Å². The quantitative estimate of drug-likeness (QED) is 0.275. The Labute approximate surface area is 228 Å². The summed E-state index contributed by atoms with van der Waals surface area (Å²) in [7, 11) is 0. The first-order valence-corrected chi connectivity index (χ1v) is 13.6. The highest BCUT2D eigenvalue weighted by Crippen LogP contribution is 2.42. The van der Waals surface area contributed by atoms with E-state index in [2.05, 4.69) is 65.1 Å². The molecular formula is C22H24ClI2N7O2. The van der Waals surface area contributed by atoms with Gasteiger partial charge in [-0.05, 0) is 82.7 Å². The molecule has 0 bridgehead atoms. The maximum absolute atomic E-state index is 9.05. The summed E-state index contributed by atoms with van der Waals surface area (Å²) in [5.74, 6) is 4.34. The number of anilines is 1. The number of halogens is 3. The molecule has 2 fully saturated rings. The summed E-state index contributed by atoms with van der Waals surface area (Å²) in [5, 5.41) is 18.6. The van der Waals surface area contributed by atoms with Gasteiger partial charge in [-0.25, -0.2) is 19.9 Å². The van der Waals surface area contributed by atoms with Crippen molar-refractivity contribution in [1.29, 1.82) is 0 Å². The minimum Gasteiger partial charge on any atom is -0.396 e. The number of aliphatic hydroxyl groups excluding tert-OH is 2. The van der Waals surface area contributed by atoms with E-state index in [-0.39, 0.29) is 13.2 Å². The van der Waals surface area contributed by atoms with Gasteiger partial charge in [-0.2, -0.15) is 0 Å². The molecule has 2 aliphatic carbocycles. The molecule has 2 saturated carbocycles. The predicted molar refractivity (Wildman–Crippen MR) is 146 cm³/mol. The maximum Gasteiger partial charge on any atom is 0.155 e. The van der Waals surface area contributed by atoms with E-state index >= 15 is 0 Å². The lowest BCUT2D eigenvalue weighted by molar-refractivity contribution is 0.138. The van der Waals surface area contributed by atoms with Crippen molar-refractivity contribution in [2.75, 3.05) is 18.9 Å². The van der Waals surface area contributed by atoms with Gasteiger partial charge in [0.05, 0.1) is 6.20 Å². The summed E-state index contributed by atoms with van der Waals surface area (Å²) in [5.41, 5.74) is 7.62. The molecule has 0 atom stereocenters. The fourth-order valence-electron chi connectivity index (χ4n) is 4.77. The van der Waals surface area contributed by atoms with Crippen LogP contribution in [0.4, 0.5) is 5.82 Å². The van der Waals surface area contributed by atoms with Gasteiger partial charge in [0.25, 0.3) is 0 Å². The highest BCUT2D eigenvalue weighted by Gasteiger charge is 2.34. The maximum atomic E-state index is 9.05. The first-order chi connectivity index (χ1) is 16.4. The van der Waals surface area contributed by atoms with Gasteiger partial charge in [0.15, 0.2) is 11.0 Å². The van der Waals surface area contributed by atoms with Gasteiger partial charge < -0.3 is 15.9 Å². The molecule has 4 N–H and O–H groups in total. The van der Waals surface area contributed by atoms with Crippen LogP contribution in [0, 0.1) is 19.2 Å². The SMILES string of the molecule is Nc1nccn2c(C3CC(CO)C3)nc(I)c12.OCC1CC(c2ncc3c(Cl)nc(I)cn23)C1. The van der Waals surface area contributed by atoms with Crippen LogP contribution >= 0.6 is 56.8 Å². The molecule has 0 spiro atoms. The van der Waals surface area contributed by atoms with Gasteiger partial charge in [-0.1, -0.05) is 11.6 Å². The van der Waals surface area contributed by atoms with Gasteiger partial charge >= 0.3 is 0 Å². The summed E-state index contributed by atoms with van der Waals surface area (Å²) < 4.78 is 5.81. The monoisotopic (exact) mass is 707 g/mol. The Hall–Kier alpha value is -1.29. The number of fused-ring (bicyclic) bond motifs is 2. The van der Waals surface area contributed by atoms with E-state index in [9.17, 15) is 0 Å². The Bertz CT molecular complexity index is 1330. The zero-order valence-electron chi connectivity index (χ0n) is 18.2. The average molecular weight is 708 g/mol. The molecule has 0 unspecified atom stereocenters. The standard InChI is InChI=1S/C11H11ClIN3O.C11H13IN4O/c12-10-8-3-14-11(7-1-6(2-7)5-17)16(8)4-9(13)15-10;12-9-8-10(13)14-1-2-16(8)11(15-9)7-3-6(4-7)5-17/h3-4,6-7,17H,1-2,5H2;1-2,6-7,17H,3-5H2,(H2,13,14). The Balaban J connectivity index is 0.000000142. The molecule has 6 rings (SSSR count). The molecule has 4 aromatic heterocycles. The number of hydrogen-bond acceptors (Lipinski definition) is 7. The molecular weight excluding hydrogens is 684 g/mol. The van der Waals surface area contributed by atoms with Crippen molar-refractivity contribution in [2.24, 2.45) is 11.8 Å². The minimum absolute atomic E-state index is 0.277. The van der Waals surface area contributed by atoms with E-state index in [0.29, 0.717) is 34.6 Å². The lowest BCUT2D eigenvalue weighted by Gasteiger charge is -2.33. The van der Waals surface area contributed by atoms with Crippen LogP contribution < -0.4 is 5.73 Å². The van der Waals surface area contributed by atoms with Crippen molar-refractivity contribution in [3.63, 3.8) is 0 Å². The van der Waals surface area contributed by atoms with Gasteiger partial charge in [0, 0.05) is 43.6 Å². The molecule has 4 aromatic rings. The molecule has 12 heteroatoms. The van der Waals surface area contributed by atoms with E-state index in [4.69, 9.17) is 27.5 Å². The van der Waals surface area contributed by atoms with Crippen LogP contribution in [0.1, 0.15) is 49.2 Å².